The van der Waals surface area contributed by atoms with Gasteiger partial charge >= 0.3 is 0 Å². The highest BCUT2D eigenvalue weighted by molar-refractivity contribution is 6.03. The van der Waals surface area contributed by atoms with Crippen LogP contribution in [0.3, 0.4) is 0 Å². The van der Waals surface area contributed by atoms with Gasteiger partial charge in [-0.25, -0.2) is 4.68 Å². The van der Waals surface area contributed by atoms with E-state index in [-0.39, 0.29) is 0 Å². The van der Waals surface area contributed by atoms with Crippen LogP contribution in [0.5, 0.6) is 0 Å². The van der Waals surface area contributed by atoms with Crippen molar-refractivity contribution in [1.29, 1.82) is 0 Å². The number of nitrogens with zero attached hydrogens (tertiary/aromatic N) is 3. The molecule has 0 unspecified atom stereocenters. The lowest BCUT2D eigenvalue weighted by Crippen LogP contribution is -2.01. The van der Waals surface area contributed by atoms with E-state index in [2.05, 4.69) is 188 Å². The van der Waals surface area contributed by atoms with E-state index in [1.54, 1.807) is 0 Å². The maximum atomic E-state index is 4.86. The molecule has 0 aliphatic rings. The Kier molecular flexibility index (Phi) is 8.78. The average Bonchev–Trinajstić information content (AvgIpc) is 3.59. The summed E-state index contributed by atoms with van der Waals surface area (Å²) in [5, 5.41) is 9.51. The molecule has 0 saturated carbocycles. The molecular weight excluding hydrogens is 571 g/mol. The average molecular weight is 606 g/mol. The molecule has 0 amide bonds. The predicted molar refractivity (Wildman–Crippen MR) is 195 cm³/mol. The van der Waals surface area contributed by atoms with Crippen LogP contribution in [-0.4, -0.2) is 15.0 Å². The van der Waals surface area contributed by atoms with Gasteiger partial charge in [0.2, 0.25) is 0 Å². The second-order valence-electron chi connectivity index (χ2n) is 11.7. The Balaban J connectivity index is 1.52. The summed E-state index contributed by atoms with van der Waals surface area (Å²) in [6.45, 7) is 2.82. The lowest BCUT2D eigenvalue weighted by molar-refractivity contribution is 0.650. The topological polar surface area (TPSA) is 30.7 Å². The van der Waals surface area contributed by atoms with Crippen LogP contribution in [0.2, 0.25) is 0 Å². The van der Waals surface area contributed by atoms with Gasteiger partial charge in [-0.3, -0.25) is 0 Å². The van der Waals surface area contributed by atoms with Crippen LogP contribution in [0.15, 0.2) is 170 Å². The van der Waals surface area contributed by atoms with Gasteiger partial charge in [0, 0.05) is 5.56 Å². The maximum Gasteiger partial charge on any atom is 0.114 e. The van der Waals surface area contributed by atoms with Gasteiger partial charge in [0.25, 0.3) is 0 Å². The highest BCUT2D eigenvalue weighted by atomic mass is 15.4. The normalized spacial score (nSPS) is 11.9. The Morgan fingerprint density at radius 2 is 0.979 bits per heavy atom. The van der Waals surface area contributed by atoms with Crippen LogP contribution in [0.25, 0.3) is 34.6 Å². The standard InChI is InChI=1S/C44H35N3/c1-33-27-41(39(37-23-13-5-14-24-37)29-34-17-7-2-8-18-34)44(43-32-47(46-45-43)31-36-21-11-4-12-22-36)42(28-33)40(38-25-15-6-16-26-38)30-35-19-9-3-10-20-35/h2-30,32H,31H2,1H3/b39-29+,40-30+. The molecule has 3 heteroatoms. The van der Waals surface area contributed by atoms with Gasteiger partial charge in [-0.2, -0.15) is 0 Å². The van der Waals surface area contributed by atoms with Crippen LogP contribution in [0.4, 0.5) is 0 Å². The maximum absolute atomic E-state index is 4.86. The van der Waals surface area contributed by atoms with Crippen molar-refractivity contribution < 1.29 is 0 Å². The van der Waals surface area contributed by atoms with Gasteiger partial charge in [0.05, 0.1) is 12.7 Å². The Morgan fingerprint density at radius 1 is 0.553 bits per heavy atom. The molecule has 1 heterocycles. The van der Waals surface area contributed by atoms with Gasteiger partial charge in [0.1, 0.15) is 5.69 Å². The van der Waals surface area contributed by atoms with Gasteiger partial charge in [-0.05, 0) is 74.7 Å². The van der Waals surface area contributed by atoms with Crippen LogP contribution in [0, 0.1) is 6.92 Å². The SMILES string of the molecule is Cc1cc(/C(=C/c2ccccc2)c2ccccc2)c(-c2cn(Cc3ccccc3)nn2)c(/C(=C/c2ccccc2)c2ccccc2)c1. The van der Waals surface area contributed by atoms with Crippen LogP contribution >= 0.6 is 0 Å². The zero-order valence-corrected chi connectivity index (χ0v) is 26.4. The van der Waals surface area contributed by atoms with Gasteiger partial charge < -0.3 is 0 Å². The summed E-state index contributed by atoms with van der Waals surface area (Å²) in [5.74, 6) is 0. The molecule has 47 heavy (non-hydrogen) atoms. The highest BCUT2D eigenvalue weighted by Gasteiger charge is 2.22. The van der Waals surface area contributed by atoms with Crippen molar-refractivity contribution in [2.24, 2.45) is 0 Å². The third-order valence-corrected chi connectivity index (χ3v) is 8.24. The first kappa shape index (κ1) is 29.6. The van der Waals surface area contributed by atoms with E-state index in [9.17, 15) is 0 Å². The molecule has 6 aromatic carbocycles. The molecular formula is C44H35N3. The number of hydrogen-bond donors (Lipinski definition) is 0. The lowest BCUT2D eigenvalue weighted by Gasteiger charge is -2.20. The molecule has 0 N–H and O–H groups in total. The zero-order valence-electron chi connectivity index (χ0n) is 26.4. The fraction of sp³-hybridized carbons (Fsp3) is 0.0455. The minimum Gasteiger partial charge on any atom is -0.247 e. The largest absolute Gasteiger partial charge is 0.247 e. The monoisotopic (exact) mass is 605 g/mol. The van der Waals surface area contributed by atoms with Gasteiger partial charge in [-0.15, -0.1) is 5.10 Å². The summed E-state index contributed by atoms with van der Waals surface area (Å²) in [4.78, 5) is 0. The van der Waals surface area contributed by atoms with E-state index >= 15 is 0 Å². The quantitative estimate of drug-likeness (QED) is 0.153. The van der Waals surface area contributed by atoms with E-state index in [1.807, 2.05) is 10.7 Å². The number of aryl methyl sites for hydroxylation is 1. The molecule has 0 aliphatic heterocycles. The smallest absolute Gasteiger partial charge is 0.114 e. The number of hydrogen-bond acceptors (Lipinski definition) is 2. The molecule has 0 radical (unpaired) electrons. The molecule has 3 nitrogen and oxygen atoms in total. The molecule has 0 atom stereocenters. The molecule has 0 fully saturated rings. The first-order valence-corrected chi connectivity index (χ1v) is 16.0. The predicted octanol–water partition coefficient (Wildman–Crippen LogP) is 10.5. The van der Waals surface area contributed by atoms with E-state index in [0.717, 1.165) is 55.8 Å². The summed E-state index contributed by atoms with van der Waals surface area (Å²) >= 11 is 0. The van der Waals surface area contributed by atoms with Crippen LogP contribution < -0.4 is 0 Å². The van der Waals surface area contributed by atoms with Crippen molar-refractivity contribution in [3.8, 4) is 11.3 Å². The minimum atomic E-state index is 0.640. The number of aromatic nitrogens is 3. The third kappa shape index (κ3) is 6.95. The van der Waals surface area contributed by atoms with Crippen molar-refractivity contribution in [3.05, 3.63) is 214 Å². The zero-order chi connectivity index (χ0) is 31.8. The summed E-state index contributed by atoms with van der Waals surface area (Å²) in [7, 11) is 0. The Hall–Kier alpha value is -6.06. The molecule has 0 spiro atoms. The molecule has 1 aromatic heterocycles. The molecule has 7 rings (SSSR count). The van der Waals surface area contributed by atoms with Crippen molar-refractivity contribution in [2.75, 3.05) is 0 Å². The minimum absolute atomic E-state index is 0.640. The second-order valence-corrected chi connectivity index (χ2v) is 11.7. The molecule has 0 saturated heterocycles. The first-order chi connectivity index (χ1) is 23.2. The third-order valence-electron chi connectivity index (χ3n) is 8.24. The van der Waals surface area contributed by atoms with E-state index < -0.39 is 0 Å². The summed E-state index contributed by atoms with van der Waals surface area (Å²) in [6, 6.07) is 57.3. The van der Waals surface area contributed by atoms with Crippen molar-refractivity contribution in [3.63, 3.8) is 0 Å². The molecule has 0 aliphatic carbocycles. The lowest BCUT2D eigenvalue weighted by atomic mass is 9.83. The fourth-order valence-electron chi connectivity index (χ4n) is 6.05. The second kappa shape index (κ2) is 13.9. The van der Waals surface area contributed by atoms with E-state index in [4.69, 9.17) is 5.10 Å². The van der Waals surface area contributed by atoms with Crippen LogP contribution in [0.1, 0.15) is 44.5 Å². The van der Waals surface area contributed by atoms with Crippen molar-refractivity contribution >= 4 is 23.3 Å². The van der Waals surface area contributed by atoms with E-state index in [1.165, 1.54) is 11.1 Å². The molecule has 226 valence electrons. The Bertz CT molecular complexity index is 2010. The van der Waals surface area contributed by atoms with Crippen LogP contribution in [-0.2, 0) is 6.54 Å². The van der Waals surface area contributed by atoms with Gasteiger partial charge in [0.15, 0.2) is 0 Å². The number of benzene rings is 6. The highest BCUT2D eigenvalue weighted by Crippen LogP contribution is 2.41. The molecule has 7 aromatic rings. The van der Waals surface area contributed by atoms with Crippen molar-refractivity contribution in [2.45, 2.75) is 13.5 Å². The fourth-order valence-corrected chi connectivity index (χ4v) is 6.05. The Labute approximate surface area is 276 Å². The van der Waals surface area contributed by atoms with Crippen molar-refractivity contribution in [1.82, 2.24) is 15.0 Å². The van der Waals surface area contributed by atoms with Gasteiger partial charge in [-0.1, -0.05) is 169 Å². The van der Waals surface area contributed by atoms with E-state index in [0.29, 0.717) is 6.54 Å². The summed E-state index contributed by atoms with van der Waals surface area (Å²) in [6.07, 6.45) is 6.66. The first-order valence-electron chi connectivity index (χ1n) is 16.0. The number of rotatable bonds is 9. The Morgan fingerprint density at radius 3 is 1.45 bits per heavy atom. The summed E-state index contributed by atoms with van der Waals surface area (Å²) < 4.78 is 1.93. The molecule has 0 bridgehead atoms. The summed E-state index contributed by atoms with van der Waals surface area (Å²) in [5.41, 5.74) is 13.2.